The number of thiazole rings is 1. The number of cyclic esters (lactones) is 1. The molecule has 0 amide bonds. The van der Waals surface area contributed by atoms with Crippen molar-refractivity contribution < 1.29 is 91.0 Å². The van der Waals surface area contributed by atoms with Gasteiger partial charge >= 0.3 is 36.0 Å². The molecule has 0 bridgehead atoms. The molecule has 402 valence electrons. The number of nitrogens with zero attached hydrogens (tertiary/aromatic N) is 2. The molecule has 1 aromatic heterocycles. The quantitative estimate of drug-likeness (QED) is 0.0460. The molecule has 0 saturated carbocycles. The molecule has 3 aliphatic rings. The number of rotatable bonds is 13. The number of methoxy groups -OCH3 is 1. The number of nitro groups is 1. The first-order valence-electron chi connectivity index (χ1n) is 24.0. The average molecular weight is 1060 g/mol. The number of non-ortho nitro benzene ring substituents is 1. The van der Waals surface area contributed by atoms with E-state index in [4.69, 9.17) is 47.4 Å². The second-order valence-electron chi connectivity index (χ2n) is 19.4. The third-order valence-electron chi connectivity index (χ3n) is 13.4. The van der Waals surface area contributed by atoms with Crippen molar-refractivity contribution in [1.29, 1.82) is 0 Å². The van der Waals surface area contributed by atoms with E-state index in [0.717, 1.165) is 55.8 Å². The molecule has 4 heterocycles. The summed E-state index contributed by atoms with van der Waals surface area (Å²) in [5.41, 5.74) is -1.65. The van der Waals surface area contributed by atoms with Crippen molar-refractivity contribution in [3.8, 4) is 5.75 Å². The SMILES string of the molecule is C=CC[C@H]1C(=O)C(C)(C)[C@@H](OC(=O)OCc2cc([N+](=O)[O-])ccc2O[C@@H]2O[C@H](C(=O)OC)[C@@H](OC(C)=O)[C@H](OC(C)=O)[C@H]2OC(C)=O)CC(=O)O[C@H](c2ccc3sc(C)nc3c2)CC2O[C@]2(C)CCC[C@H](C)[C@@H]1O. The van der Waals surface area contributed by atoms with E-state index in [1.807, 2.05) is 39.0 Å². The van der Waals surface area contributed by atoms with Gasteiger partial charge in [-0.3, -0.25) is 34.1 Å². The number of ether oxygens (including phenoxy) is 10. The van der Waals surface area contributed by atoms with Crippen molar-refractivity contribution in [1.82, 2.24) is 4.98 Å². The lowest BCUT2D eigenvalue weighted by atomic mass is 9.71. The highest BCUT2D eigenvalue weighted by Gasteiger charge is 2.57. The van der Waals surface area contributed by atoms with Gasteiger partial charge in [-0.15, -0.1) is 17.9 Å². The zero-order valence-electron chi connectivity index (χ0n) is 42.6. The van der Waals surface area contributed by atoms with Gasteiger partial charge in [-0.25, -0.2) is 14.6 Å². The van der Waals surface area contributed by atoms with E-state index in [1.54, 1.807) is 0 Å². The number of nitro benzene ring substituents is 1. The molecule has 74 heavy (non-hydrogen) atoms. The fourth-order valence-corrected chi connectivity index (χ4v) is 10.2. The molecule has 1 unspecified atom stereocenters. The van der Waals surface area contributed by atoms with Crippen LogP contribution in [0.15, 0.2) is 49.1 Å². The van der Waals surface area contributed by atoms with Crippen molar-refractivity contribution in [3.05, 3.63) is 75.3 Å². The normalized spacial score (nSPS) is 29.3. The summed E-state index contributed by atoms with van der Waals surface area (Å²) in [6, 6.07) is 8.63. The van der Waals surface area contributed by atoms with Gasteiger partial charge in [-0.1, -0.05) is 25.5 Å². The number of esters is 5. The zero-order chi connectivity index (χ0) is 54.4. The number of hydrogen-bond donors (Lipinski definition) is 1. The number of aliphatic hydroxyl groups is 1. The van der Waals surface area contributed by atoms with Crippen LogP contribution in [0.25, 0.3) is 10.2 Å². The number of fused-ring (bicyclic) bond motifs is 2. The Labute approximate surface area is 430 Å². The standard InChI is InChI=1S/C51H62N2O20S/c1-11-13-33-41(58)25(2)14-12-19-51(9)39(73-51)22-36(30-15-18-37-34(21-30)52-26(3)74-37)69-40(57)23-38(50(7,8)46(33)59)71-49(61)65-24-31-20-32(53(62)63)16-17-35(31)70-48-45(68-29(6)56)43(67-28(5)55)42(66-27(4)54)44(72-48)47(60)64-10/h11,15-18,20-21,25,33,36,38-39,41-45,48,58H,1,12-14,19,22-24H2,2-10H3/t25-,33+,36-,38-,39?,41-,42-,43-,44-,45+,48+,51+/m0/s1. The van der Waals surface area contributed by atoms with Crippen molar-refractivity contribution in [2.75, 3.05) is 7.11 Å². The molecule has 12 atom stereocenters. The summed E-state index contributed by atoms with van der Waals surface area (Å²) in [4.78, 5) is 109. The smallest absolute Gasteiger partial charge is 0.467 e. The van der Waals surface area contributed by atoms with Crippen LogP contribution in [0.4, 0.5) is 10.5 Å². The minimum Gasteiger partial charge on any atom is -0.467 e. The summed E-state index contributed by atoms with van der Waals surface area (Å²) in [6.07, 6.45) is -11.4. The van der Waals surface area contributed by atoms with E-state index in [2.05, 4.69) is 11.6 Å². The van der Waals surface area contributed by atoms with Crippen LogP contribution in [0.2, 0.25) is 0 Å². The van der Waals surface area contributed by atoms with Crippen molar-refractivity contribution >= 4 is 69.0 Å². The van der Waals surface area contributed by atoms with Gasteiger partial charge in [0.05, 0.1) is 56.9 Å². The first-order valence-corrected chi connectivity index (χ1v) is 24.8. The topological polar surface area (TPSA) is 291 Å². The van der Waals surface area contributed by atoms with Gasteiger partial charge in [0.25, 0.3) is 5.69 Å². The number of epoxide rings is 1. The number of benzene rings is 2. The number of carbonyl (C=O) groups excluding carboxylic acids is 7. The molecule has 1 N–H and O–H groups in total. The first kappa shape index (κ1) is 56.7. The average Bonchev–Trinajstić information content (AvgIpc) is 3.80. The Bertz CT molecular complexity index is 2630. The lowest BCUT2D eigenvalue weighted by Crippen LogP contribution is -2.64. The molecule has 3 fully saturated rings. The van der Waals surface area contributed by atoms with E-state index < -0.39 is 131 Å². The van der Waals surface area contributed by atoms with Gasteiger partial charge in [0.1, 0.15) is 30.3 Å². The number of aryl methyl sites for hydroxylation is 1. The fraction of sp³-hybridized carbons (Fsp3) is 0.569. The van der Waals surface area contributed by atoms with Gasteiger partial charge in [-0.05, 0) is 76.6 Å². The fourth-order valence-electron chi connectivity index (χ4n) is 9.37. The molecule has 3 saturated heterocycles. The van der Waals surface area contributed by atoms with Gasteiger partial charge in [0.15, 0.2) is 18.3 Å². The largest absolute Gasteiger partial charge is 0.508 e. The Morgan fingerprint density at radius 1 is 0.973 bits per heavy atom. The predicted octanol–water partition coefficient (Wildman–Crippen LogP) is 6.80. The predicted molar refractivity (Wildman–Crippen MR) is 258 cm³/mol. The highest BCUT2D eigenvalue weighted by Crippen LogP contribution is 2.47. The maximum Gasteiger partial charge on any atom is 0.508 e. The summed E-state index contributed by atoms with van der Waals surface area (Å²) >= 11 is 1.51. The summed E-state index contributed by atoms with van der Waals surface area (Å²) in [5.74, 6) is -7.15. The molecule has 22 nitrogen and oxygen atoms in total. The number of Topliss-reactive ketones (excluding diaryl/α,β-unsaturated/α-hetero) is 1. The molecule has 3 aliphatic heterocycles. The molecule has 23 heteroatoms. The van der Waals surface area contributed by atoms with Crippen LogP contribution < -0.4 is 4.74 Å². The summed E-state index contributed by atoms with van der Waals surface area (Å²) in [5, 5.41) is 24.6. The van der Waals surface area contributed by atoms with Crippen molar-refractivity contribution in [2.45, 2.75) is 161 Å². The number of aromatic nitrogens is 1. The van der Waals surface area contributed by atoms with Gasteiger partial charge in [0, 0.05) is 50.8 Å². The number of carbonyl (C=O) groups is 7. The van der Waals surface area contributed by atoms with E-state index in [0.29, 0.717) is 30.3 Å². The highest BCUT2D eigenvalue weighted by atomic mass is 32.1. The lowest BCUT2D eigenvalue weighted by molar-refractivity contribution is -0.385. The number of ketones is 1. The Morgan fingerprint density at radius 3 is 2.30 bits per heavy atom. The van der Waals surface area contributed by atoms with E-state index in [1.165, 1.54) is 31.3 Å². The van der Waals surface area contributed by atoms with E-state index >= 15 is 0 Å². The maximum absolute atomic E-state index is 14.8. The first-order chi connectivity index (χ1) is 34.8. The molecule has 6 rings (SSSR count). The Hall–Kier alpha value is -6.56. The highest BCUT2D eigenvalue weighted by molar-refractivity contribution is 7.18. The van der Waals surface area contributed by atoms with Crippen LogP contribution in [-0.4, -0.2) is 119 Å². The summed E-state index contributed by atoms with van der Waals surface area (Å²) in [7, 11) is 0.992. The third-order valence-corrected chi connectivity index (χ3v) is 14.4. The maximum atomic E-state index is 14.8. The molecule has 0 spiro atoms. The van der Waals surface area contributed by atoms with Crippen LogP contribution in [0.3, 0.4) is 0 Å². The van der Waals surface area contributed by atoms with Crippen molar-refractivity contribution in [3.63, 3.8) is 0 Å². The molecular weight excluding hydrogens is 993 g/mol. The third kappa shape index (κ3) is 13.6. The minimum absolute atomic E-state index is 0.0456. The van der Waals surface area contributed by atoms with E-state index in [-0.39, 0.29) is 36.2 Å². The summed E-state index contributed by atoms with van der Waals surface area (Å²) < 4.78 is 57.7. The Morgan fingerprint density at radius 2 is 1.65 bits per heavy atom. The van der Waals surface area contributed by atoms with Crippen LogP contribution in [0.1, 0.15) is 109 Å². The van der Waals surface area contributed by atoms with Gasteiger partial charge in [-0.2, -0.15) is 0 Å². The monoisotopic (exact) mass is 1050 g/mol. The van der Waals surface area contributed by atoms with Crippen LogP contribution in [-0.2, 0) is 78.0 Å². The molecule has 2 aromatic carbocycles. The minimum atomic E-state index is -1.90. The second-order valence-corrected chi connectivity index (χ2v) is 20.6. The molecular formula is C51H62N2O20S. The Kier molecular flexibility index (Phi) is 18.2. The molecule has 3 aromatic rings. The van der Waals surface area contributed by atoms with Gasteiger partial charge in [0.2, 0.25) is 12.4 Å². The lowest BCUT2D eigenvalue weighted by Gasteiger charge is -2.43. The van der Waals surface area contributed by atoms with E-state index in [9.17, 15) is 48.8 Å². The summed E-state index contributed by atoms with van der Waals surface area (Å²) in [6.45, 7) is 14.6. The van der Waals surface area contributed by atoms with Crippen LogP contribution >= 0.6 is 11.3 Å². The van der Waals surface area contributed by atoms with Crippen LogP contribution in [0, 0.1) is 34.3 Å². The molecule has 0 aliphatic carbocycles. The van der Waals surface area contributed by atoms with Gasteiger partial charge < -0.3 is 52.5 Å². The number of hydrogen-bond acceptors (Lipinski definition) is 22. The zero-order valence-corrected chi connectivity index (χ0v) is 43.4. The number of allylic oxidation sites excluding steroid dienone is 1. The Balaban J connectivity index is 1.32. The van der Waals surface area contributed by atoms with Crippen molar-refractivity contribution in [2.24, 2.45) is 17.3 Å². The van der Waals surface area contributed by atoms with Crippen LogP contribution in [0.5, 0.6) is 5.75 Å². The molecule has 0 radical (unpaired) electrons. The second kappa shape index (κ2) is 23.8. The number of aliphatic hydroxyl groups excluding tert-OH is 1.